The first-order chi connectivity index (χ1) is 19.3. The number of rotatable bonds is 4. The second-order valence-corrected chi connectivity index (χ2v) is 12.9. The minimum atomic E-state index is 0.148. The Morgan fingerprint density at radius 2 is 1.15 bits per heavy atom. The molecule has 0 saturated heterocycles. The average Bonchev–Trinajstić information content (AvgIpc) is 3.36. The summed E-state index contributed by atoms with van der Waals surface area (Å²) in [5.41, 5.74) is 15.0. The molecule has 1 nitrogen and oxygen atoms in total. The predicted octanol–water partition coefficient (Wildman–Crippen LogP) is 10.7. The zero-order valence-corrected chi connectivity index (χ0v) is 24.0. The Morgan fingerprint density at radius 1 is 0.525 bits per heavy atom. The Hall–Kier alpha value is -4.10. The summed E-state index contributed by atoms with van der Waals surface area (Å²) in [6, 6.07) is 42.8. The van der Waals surface area contributed by atoms with Gasteiger partial charge in [-0.05, 0) is 99.4 Å². The minimum absolute atomic E-state index is 0.148. The quantitative estimate of drug-likeness (QED) is 0.224. The number of fused-ring (bicyclic) bond motifs is 4. The number of benzene rings is 5. The molecule has 0 heterocycles. The van der Waals surface area contributed by atoms with Crippen molar-refractivity contribution < 1.29 is 0 Å². The van der Waals surface area contributed by atoms with Crippen molar-refractivity contribution in [1.82, 2.24) is 0 Å². The van der Waals surface area contributed by atoms with E-state index in [0.717, 1.165) is 6.42 Å². The van der Waals surface area contributed by atoms with Gasteiger partial charge in [0.25, 0.3) is 0 Å². The Bertz CT molecular complexity index is 1710. The van der Waals surface area contributed by atoms with Crippen molar-refractivity contribution in [2.24, 2.45) is 0 Å². The van der Waals surface area contributed by atoms with E-state index in [9.17, 15) is 0 Å². The number of hydrogen-bond acceptors (Lipinski definition) is 1. The first kappa shape index (κ1) is 24.9. The Labute approximate surface area is 239 Å². The van der Waals surface area contributed by atoms with E-state index in [1.165, 1.54) is 74.4 Å². The van der Waals surface area contributed by atoms with Crippen molar-refractivity contribution >= 4 is 17.1 Å². The van der Waals surface area contributed by atoms with Gasteiger partial charge in [0, 0.05) is 16.9 Å². The zero-order chi connectivity index (χ0) is 27.5. The van der Waals surface area contributed by atoms with Gasteiger partial charge >= 0.3 is 0 Å². The molecule has 2 aliphatic carbocycles. The van der Waals surface area contributed by atoms with Gasteiger partial charge in [-0.15, -0.1) is 0 Å². The van der Waals surface area contributed by atoms with E-state index in [0.29, 0.717) is 0 Å². The fourth-order valence-corrected chi connectivity index (χ4v) is 6.93. The number of hydrogen-bond donors (Lipinski definition) is 0. The first-order valence-electron chi connectivity index (χ1n) is 14.6. The van der Waals surface area contributed by atoms with E-state index in [2.05, 4.69) is 148 Å². The third-order valence-electron chi connectivity index (χ3n) is 9.36. The van der Waals surface area contributed by atoms with E-state index in [1.807, 2.05) is 0 Å². The van der Waals surface area contributed by atoms with E-state index in [-0.39, 0.29) is 10.8 Å². The van der Waals surface area contributed by atoms with Crippen molar-refractivity contribution in [2.75, 3.05) is 4.90 Å². The molecule has 0 N–H and O–H groups in total. The monoisotopic (exact) mass is 519 g/mol. The van der Waals surface area contributed by atoms with Crippen molar-refractivity contribution in [3.8, 4) is 22.3 Å². The summed E-state index contributed by atoms with van der Waals surface area (Å²) < 4.78 is 0. The molecule has 0 aromatic heterocycles. The summed E-state index contributed by atoms with van der Waals surface area (Å²) in [6.45, 7) is 9.64. The fourth-order valence-electron chi connectivity index (χ4n) is 6.93. The van der Waals surface area contributed by atoms with Crippen molar-refractivity contribution in [3.05, 3.63) is 138 Å². The number of nitrogens with zero attached hydrogens (tertiary/aromatic N) is 1. The van der Waals surface area contributed by atoms with Gasteiger partial charge in [0.1, 0.15) is 0 Å². The summed E-state index contributed by atoms with van der Waals surface area (Å²) in [4.78, 5) is 2.49. The summed E-state index contributed by atoms with van der Waals surface area (Å²) in [7, 11) is 0. The van der Waals surface area contributed by atoms with Crippen LogP contribution in [0.5, 0.6) is 0 Å². The van der Waals surface area contributed by atoms with E-state index in [4.69, 9.17) is 0 Å². The van der Waals surface area contributed by atoms with E-state index in [1.54, 1.807) is 0 Å². The highest BCUT2D eigenvalue weighted by molar-refractivity contribution is 5.93. The summed E-state index contributed by atoms with van der Waals surface area (Å²) in [5.74, 6) is 0. The maximum absolute atomic E-state index is 2.49. The van der Waals surface area contributed by atoms with Crippen molar-refractivity contribution in [3.63, 3.8) is 0 Å². The van der Waals surface area contributed by atoms with Crippen LogP contribution in [-0.4, -0.2) is 0 Å². The molecule has 0 unspecified atom stereocenters. The van der Waals surface area contributed by atoms with Crippen molar-refractivity contribution in [1.29, 1.82) is 0 Å². The summed E-state index contributed by atoms with van der Waals surface area (Å²) >= 11 is 0. The second kappa shape index (κ2) is 9.24. The standard InChI is InChI=1S/C39H37N/c1-38(2)23-24-39(3,4)35-26-32(21-22-34(35)38)40(31-19-17-28(18-20-31)27-11-6-5-7-12-27)36-16-10-14-30-25-29-13-8-9-15-33(29)37(30)36/h5-22,26H,23-25H2,1-4H3. The Balaban J connectivity index is 1.43. The molecule has 198 valence electrons. The SMILES string of the molecule is CC1(C)CCC(C)(C)c2cc(N(c3ccc(-c4ccccc4)cc3)c3cccc4c3-c3ccccc3C4)ccc21. The summed E-state index contributed by atoms with van der Waals surface area (Å²) in [5, 5.41) is 0. The molecular weight excluding hydrogens is 482 g/mol. The largest absolute Gasteiger partial charge is 0.310 e. The Morgan fingerprint density at radius 3 is 1.93 bits per heavy atom. The lowest BCUT2D eigenvalue weighted by Crippen LogP contribution is -2.34. The van der Waals surface area contributed by atoms with Gasteiger partial charge in [0.15, 0.2) is 0 Å². The third kappa shape index (κ3) is 4.07. The lowest BCUT2D eigenvalue weighted by atomic mass is 9.63. The average molecular weight is 520 g/mol. The lowest BCUT2D eigenvalue weighted by Gasteiger charge is -2.42. The second-order valence-electron chi connectivity index (χ2n) is 12.9. The molecule has 5 aromatic carbocycles. The van der Waals surface area contributed by atoms with Crippen LogP contribution in [0.15, 0.2) is 115 Å². The van der Waals surface area contributed by atoms with Crippen LogP contribution in [-0.2, 0) is 17.3 Å². The topological polar surface area (TPSA) is 3.24 Å². The van der Waals surface area contributed by atoms with Crippen LogP contribution in [0.1, 0.15) is 62.8 Å². The van der Waals surface area contributed by atoms with Gasteiger partial charge in [-0.2, -0.15) is 0 Å². The highest BCUT2D eigenvalue weighted by Crippen LogP contribution is 2.50. The molecule has 0 atom stereocenters. The third-order valence-corrected chi connectivity index (χ3v) is 9.36. The fraction of sp³-hybridized carbons (Fsp3) is 0.231. The molecule has 0 fully saturated rings. The predicted molar refractivity (Wildman–Crippen MR) is 170 cm³/mol. The smallest absolute Gasteiger partial charge is 0.0543 e. The van der Waals surface area contributed by atoms with Gasteiger partial charge in [0.05, 0.1) is 5.69 Å². The van der Waals surface area contributed by atoms with Crippen LogP contribution in [0.3, 0.4) is 0 Å². The van der Waals surface area contributed by atoms with Gasteiger partial charge in [0.2, 0.25) is 0 Å². The molecular formula is C39H37N. The van der Waals surface area contributed by atoms with Crippen LogP contribution >= 0.6 is 0 Å². The molecule has 0 bridgehead atoms. The molecule has 7 rings (SSSR count). The maximum Gasteiger partial charge on any atom is 0.0543 e. The van der Waals surface area contributed by atoms with Gasteiger partial charge in [-0.3, -0.25) is 0 Å². The molecule has 2 aliphatic rings. The summed E-state index contributed by atoms with van der Waals surface area (Å²) in [6.07, 6.45) is 3.42. The molecule has 0 amide bonds. The number of anilines is 3. The normalized spacial score (nSPS) is 16.1. The van der Waals surface area contributed by atoms with Crippen LogP contribution in [0.4, 0.5) is 17.1 Å². The molecule has 5 aromatic rings. The van der Waals surface area contributed by atoms with Crippen LogP contribution in [0, 0.1) is 0 Å². The van der Waals surface area contributed by atoms with Crippen LogP contribution in [0.25, 0.3) is 22.3 Å². The van der Waals surface area contributed by atoms with Gasteiger partial charge in [-0.1, -0.05) is 113 Å². The minimum Gasteiger partial charge on any atom is -0.310 e. The molecule has 0 aliphatic heterocycles. The highest BCUT2D eigenvalue weighted by atomic mass is 15.1. The van der Waals surface area contributed by atoms with E-state index >= 15 is 0 Å². The van der Waals surface area contributed by atoms with Crippen molar-refractivity contribution in [2.45, 2.75) is 57.8 Å². The zero-order valence-electron chi connectivity index (χ0n) is 24.0. The molecule has 0 radical (unpaired) electrons. The van der Waals surface area contributed by atoms with Gasteiger partial charge in [-0.25, -0.2) is 0 Å². The van der Waals surface area contributed by atoms with Gasteiger partial charge < -0.3 is 4.90 Å². The van der Waals surface area contributed by atoms with Crippen LogP contribution in [0.2, 0.25) is 0 Å². The lowest BCUT2D eigenvalue weighted by molar-refractivity contribution is 0.332. The molecule has 40 heavy (non-hydrogen) atoms. The van der Waals surface area contributed by atoms with E-state index < -0.39 is 0 Å². The Kier molecular flexibility index (Phi) is 5.75. The molecule has 0 spiro atoms. The van der Waals surface area contributed by atoms with Crippen LogP contribution < -0.4 is 4.90 Å². The highest BCUT2D eigenvalue weighted by Gasteiger charge is 2.37. The molecule has 0 saturated carbocycles. The first-order valence-corrected chi connectivity index (χ1v) is 14.6. The maximum atomic E-state index is 2.49. The molecule has 1 heteroatoms.